The molecule has 0 unspecified atom stereocenters. The predicted molar refractivity (Wildman–Crippen MR) is 146 cm³/mol. The number of hydrazone groups is 1. The van der Waals surface area contributed by atoms with Gasteiger partial charge in [-0.1, -0.05) is 60.7 Å². The number of nitrogens with zero attached hydrogens (tertiary/aromatic N) is 2. The summed E-state index contributed by atoms with van der Waals surface area (Å²) in [5.41, 5.74) is 4.70. The lowest BCUT2D eigenvalue weighted by atomic mass is 9.77. The van der Waals surface area contributed by atoms with Crippen molar-refractivity contribution in [3.63, 3.8) is 0 Å². The van der Waals surface area contributed by atoms with Crippen molar-refractivity contribution in [3.05, 3.63) is 107 Å². The zero-order chi connectivity index (χ0) is 26.0. The van der Waals surface area contributed by atoms with E-state index in [4.69, 9.17) is 5.10 Å². The number of rotatable bonds is 6. The van der Waals surface area contributed by atoms with Crippen LogP contribution in [-0.2, 0) is 10.0 Å². The summed E-state index contributed by atoms with van der Waals surface area (Å²) in [6, 6.07) is 25.9. The first-order valence-electron chi connectivity index (χ1n) is 12.7. The lowest BCUT2D eigenvalue weighted by Gasteiger charge is -2.29. The van der Waals surface area contributed by atoms with E-state index < -0.39 is 10.0 Å². The minimum atomic E-state index is -3.64. The van der Waals surface area contributed by atoms with Gasteiger partial charge in [-0.3, -0.25) is 4.79 Å². The Bertz CT molecular complexity index is 1430. The first kappa shape index (κ1) is 25.1. The molecule has 7 heteroatoms. The van der Waals surface area contributed by atoms with Gasteiger partial charge in [-0.2, -0.15) is 5.10 Å². The number of amides is 1. The highest BCUT2D eigenvalue weighted by molar-refractivity contribution is 7.89. The molecule has 6 nitrogen and oxygen atoms in total. The van der Waals surface area contributed by atoms with Crippen molar-refractivity contribution in [2.75, 3.05) is 0 Å². The molecule has 2 atom stereocenters. The maximum atomic E-state index is 13.8. The molecule has 0 spiro atoms. The van der Waals surface area contributed by atoms with Crippen molar-refractivity contribution in [1.82, 2.24) is 9.73 Å². The molecule has 0 aromatic heterocycles. The fourth-order valence-corrected chi connectivity index (χ4v) is 6.44. The van der Waals surface area contributed by atoms with Gasteiger partial charge in [-0.05, 0) is 80.2 Å². The van der Waals surface area contributed by atoms with E-state index in [0.717, 1.165) is 36.1 Å². The monoisotopic (exact) mass is 513 g/mol. The van der Waals surface area contributed by atoms with Gasteiger partial charge >= 0.3 is 0 Å². The molecule has 0 bridgehead atoms. The van der Waals surface area contributed by atoms with Crippen LogP contribution in [0.5, 0.6) is 0 Å². The van der Waals surface area contributed by atoms with Gasteiger partial charge in [-0.15, -0.1) is 0 Å². The predicted octanol–water partition coefficient (Wildman–Crippen LogP) is 5.81. The number of carbonyl (C=O) groups is 1. The van der Waals surface area contributed by atoms with Gasteiger partial charge < -0.3 is 0 Å². The molecule has 1 saturated carbocycles. The number of benzene rings is 3. The van der Waals surface area contributed by atoms with Gasteiger partial charge in [0.05, 0.1) is 16.6 Å². The van der Waals surface area contributed by atoms with E-state index in [9.17, 15) is 13.2 Å². The van der Waals surface area contributed by atoms with Crippen LogP contribution in [0.3, 0.4) is 0 Å². The maximum Gasteiger partial charge on any atom is 0.274 e. The SMILES string of the molecule is CC(C)NS(=O)(=O)c1ccc(C(=O)N2N=C3/C(=C\c4ccccc4)CCC[C@H]3[C@@H]2c2ccccc2)cc1. The van der Waals surface area contributed by atoms with E-state index in [2.05, 4.69) is 22.9 Å². The third kappa shape index (κ3) is 5.29. The zero-order valence-electron chi connectivity index (χ0n) is 21.0. The molecular weight excluding hydrogens is 482 g/mol. The molecule has 1 amide bonds. The van der Waals surface area contributed by atoms with Crippen molar-refractivity contribution < 1.29 is 13.2 Å². The first-order chi connectivity index (χ1) is 17.8. The third-order valence-corrected chi connectivity index (χ3v) is 8.47. The molecule has 3 aromatic carbocycles. The van der Waals surface area contributed by atoms with E-state index in [1.807, 2.05) is 48.5 Å². The number of hydrogen-bond donors (Lipinski definition) is 1. The van der Waals surface area contributed by atoms with Crippen LogP contribution in [0.4, 0.5) is 0 Å². The lowest BCUT2D eigenvalue weighted by Crippen LogP contribution is -2.32. The Morgan fingerprint density at radius 2 is 1.62 bits per heavy atom. The Morgan fingerprint density at radius 1 is 0.973 bits per heavy atom. The zero-order valence-corrected chi connectivity index (χ0v) is 21.9. The Morgan fingerprint density at radius 3 is 2.27 bits per heavy atom. The highest BCUT2D eigenvalue weighted by Crippen LogP contribution is 2.44. The van der Waals surface area contributed by atoms with Crippen LogP contribution < -0.4 is 4.72 Å². The number of carbonyl (C=O) groups excluding carboxylic acids is 1. The Balaban J connectivity index is 1.51. The van der Waals surface area contributed by atoms with E-state index in [1.165, 1.54) is 17.7 Å². The van der Waals surface area contributed by atoms with Crippen LogP contribution in [0.15, 0.2) is 100 Å². The molecule has 190 valence electrons. The summed E-state index contributed by atoms with van der Waals surface area (Å²) in [5, 5.41) is 6.54. The van der Waals surface area contributed by atoms with Crippen LogP contribution in [-0.4, -0.2) is 31.1 Å². The smallest absolute Gasteiger partial charge is 0.267 e. The van der Waals surface area contributed by atoms with Crippen molar-refractivity contribution in [1.29, 1.82) is 0 Å². The quantitative estimate of drug-likeness (QED) is 0.452. The number of hydrogen-bond acceptors (Lipinski definition) is 4. The lowest BCUT2D eigenvalue weighted by molar-refractivity contribution is 0.0680. The molecule has 37 heavy (non-hydrogen) atoms. The van der Waals surface area contributed by atoms with Crippen molar-refractivity contribution >= 4 is 27.7 Å². The Hall–Kier alpha value is -3.55. The summed E-state index contributed by atoms with van der Waals surface area (Å²) >= 11 is 0. The standard InChI is InChI=1S/C30H31N3O3S/c1-21(2)32-37(35,36)26-18-16-24(17-19-26)30(34)33-29(23-12-7-4-8-13-23)27-15-9-14-25(28(27)31-33)20-22-10-5-3-6-11-22/h3-8,10-13,16-21,27,29,32H,9,14-15H2,1-2H3/b25-20-/t27-,29+/m1/s1. The Kier molecular flexibility index (Phi) is 7.09. The van der Waals surface area contributed by atoms with Crippen LogP contribution >= 0.6 is 0 Å². The normalized spacial score (nSPS) is 20.7. The summed E-state index contributed by atoms with van der Waals surface area (Å²) in [6.45, 7) is 3.54. The summed E-state index contributed by atoms with van der Waals surface area (Å²) in [6.07, 6.45) is 5.08. The van der Waals surface area contributed by atoms with E-state index >= 15 is 0 Å². The van der Waals surface area contributed by atoms with Gasteiger partial charge in [0.15, 0.2) is 0 Å². The number of allylic oxidation sites excluding steroid dienone is 1. The van der Waals surface area contributed by atoms with Gasteiger partial charge in [-0.25, -0.2) is 18.1 Å². The molecule has 1 aliphatic carbocycles. The molecule has 3 aromatic rings. The molecule has 5 rings (SSSR count). The molecule has 1 heterocycles. The topological polar surface area (TPSA) is 78.8 Å². The fraction of sp³-hybridized carbons (Fsp3) is 0.267. The van der Waals surface area contributed by atoms with Crippen LogP contribution in [0.1, 0.15) is 60.6 Å². The highest BCUT2D eigenvalue weighted by atomic mass is 32.2. The third-order valence-electron chi connectivity index (χ3n) is 6.79. The number of sulfonamides is 1. The highest BCUT2D eigenvalue weighted by Gasteiger charge is 2.43. The van der Waals surface area contributed by atoms with E-state index in [-0.39, 0.29) is 28.8 Å². The summed E-state index contributed by atoms with van der Waals surface area (Å²) < 4.78 is 27.7. The van der Waals surface area contributed by atoms with Gasteiger partial charge in [0.1, 0.15) is 0 Å². The molecule has 2 aliphatic rings. The minimum absolute atomic E-state index is 0.102. The minimum Gasteiger partial charge on any atom is -0.267 e. The Labute approximate surface area is 218 Å². The first-order valence-corrected chi connectivity index (χ1v) is 14.2. The summed E-state index contributed by atoms with van der Waals surface area (Å²) in [7, 11) is -3.64. The van der Waals surface area contributed by atoms with Crippen LogP contribution in [0.2, 0.25) is 0 Å². The average molecular weight is 514 g/mol. The maximum absolute atomic E-state index is 13.8. The van der Waals surface area contributed by atoms with Gasteiger partial charge in [0.2, 0.25) is 10.0 Å². The largest absolute Gasteiger partial charge is 0.274 e. The van der Waals surface area contributed by atoms with Crippen molar-refractivity contribution in [2.24, 2.45) is 11.0 Å². The number of nitrogens with one attached hydrogen (secondary N) is 1. The van der Waals surface area contributed by atoms with Crippen molar-refractivity contribution in [3.8, 4) is 0 Å². The van der Waals surface area contributed by atoms with Crippen LogP contribution in [0.25, 0.3) is 6.08 Å². The van der Waals surface area contributed by atoms with E-state index in [0.29, 0.717) is 5.56 Å². The molecular formula is C30H31N3O3S. The molecule has 0 radical (unpaired) electrons. The second kappa shape index (κ2) is 10.4. The second-order valence-electron chi connectivity index (χ2n) is 9.87. The second-order valence-corrected chi connectivity index (χ2v) is 11.6. The summed E-state index contributed by atoms with van der Waals surface area (Å²) in [4.78, 5) is 13.9. The fourth-order valence-electron chi connectivity index (χ4n) is 5.19. The molecule has 1 aliphatic heterocycles. The van der Waals surface area contributed by atoms with Crippen LogP contribution in [0, 0.1) is 5.92 Å². The van der Waals surface area contributed by atoms with Gasteiger partial charge in [0, 0.05) is 17.5 Å². The number of fused-ring (bicyclic) bond motifs is 1. The summed E-state index contributed by atoms with van der Waals surface area (Å²) in [5.74, 6) is -0.138. The van der Waals surface area contributed by atoms with Crippen molar-refractivity contribution in [2.45, 2.75) is 50.1 Å². The molecule has 1 N–H and O–H groups in total. The van der Waals surface area contributed by atoms with E-state index in [1.54, 1.807) is 31.0 Å². The molecule has 0 saturated heterocycles. The van der Waals surface area contributed by atoms with Gasteiger partial charge in [0.25, 0.3) is 5.91 Å². The molecule has 1 fully saturated rings. The average Bonchev–Trinajstić information content (AvgIpc) is 3.29.